The van der Waals surface area contributed by atoms with Crippen molar-refractivity contribution in [1.29, 1.82) is 0 Å². The Morgan fingerprint density at radius 2 is 1.24 bits per heavy atom. The first-order chi connectivity index (χ1) is 13.7. The molecule has 2 atom stereocenters. The predicted octanol–water partition coefficient (Wildman–Crippen LogP) is 3.06. The Bertz CT molecular complexity index is 822. The number of Topliss-reactive ketones (excluding diaryl/α,β-unsaturated/α-hetero) is 1. The number of nitrogens with two attached hydrogens (primary N) is 1. The van der Waals surface area contributed by atoms with Crippen LogP contribution in [-0.2, 0) is 23.9 Å². The molecule has 0 saturated heterocycles. The molecule has 29 heavy (non-hydrogen) atoms. The van der Waals surface area contributed by atoms with Crippen molar-refractivity contribution in [2.45, 2.75) is 25.3 Å². The first-order valence-electron chi connectivity index (χ1n) is 8.61. The van der Waals surface area contributed by atoms with E-state index in [9.17, 15) is 23.2 Å². The second-order valence-electron chi connectivity index (χ2n) is 6.09. The molecule has 0 saturated carbocycles. The van der Waals surface area contributed by atoms with E-state index in [0.717, 1.165) is 0 Å². The lowest BCUT2D eigenvalue weighted by atomic mass is 9.94. The summed E-state index contributed by atoms with van der Waals surface area (Å²) in [6.45, 7) is 1.40. The molecule has 2 aromatic carbocycles. The highest BCUT2D eigenvalue weighted by Gasteiger charge is 2.23. The molecule has 0 unspecified atom stereocenters. The lowest BCUT2D eigenvalue weighted by molar-refractivity contribution is -0.144. The summed E-state index contributed by atoms with van der Waals surface area (Å²) in [5.41, 5.74) is 6.62. The summed E-state index contributed by atoms with van der Waals surface area (Å²) < 4.78 is 34.2. The van der Waals surface area contributed by atoms with Gasteiger partial charge in [-0.05, 0) is 42.3 Å². The van der Waals surface area contributed by atoms with Crippen molar-refractivity contribution < 1.29 is 32.6 Å². The minimum Gasteiger partial charge on any atom is -0.469 e. The molecule has 0 aliphatic carbocycles. The zero-order valence-electron chi connectivity index (χ0n) is 16.4. The van der Waals surface area contributed by atoms with Crippen molar-refractivity contribution in [1.82, 2.24) is 0 Å². The second kappa shape index (κ2) is 11.7. The zero-order chi connectivity index (χ0) is 22.0. The largest absolute Gasteiger partial charge is 0.469 e. The highest BCUT2D eigenvalue weighted by Crippen LogP contribution is 2.21. The fraction of sp³-hybridized carbons (Fsp3) is 0.286. The van der Waals surface area contributed by atoms with Gasteiger partial charge in [-0.2, -0.15) is 0 Å². The van der Waals surface area contributed by atoms with Crippen LogP contribution >= 0.6 is 0 Å². The summed E-state index contributed by atoms with van der Waals surface area (Å²) in [5, 5.41) is 0. The van der Waals surface area contributed by atoms with Crippen molar-refractivity contribution in [3.05, 3.63) is 71.3 Å². The van der Waals surface area contributed by atoms with Crippen LogP contribution in [0.1, 0.15) is 36.4 Å². The fourth-order valence-electron chi connectivity index (χ4n) is 2.40. The molecule has 0 amide bonds. The minimum atomic E-state index is -0.842. The summed E-state index contributed by atoms with van der Waals surface area (Å²) in [4.78, 5) is 33.5. The first-order valence-corrected chi connectivity index (χ1v) is 8.61. The first kappa shape index (κ1) is 23.9. The van der Waals surface area contributed by atoms with Gasteiger partial charge >= 0.3 is 11.9 Å². The van der Waals surface area contributed by atoms with E-state index in [4.69, 9.17) is 5.73 Å². The molecule has 0 aliphatic heterocycles. The SMILES string of the molecule is COC(=O)[C@H](CC(C)=O)c1ccc(F)cc1.COC(=O)[C@H](N)c1ccc(F)cc1. The minimum absolute atomic E-state index is 0.0678. The van der Waals surface area contributed by atoms with E-state index in [2.05, 4.69) is 9.47 Å². The molecule has 2 aromatic rings. The van der Waals surface area contributed by atoms with Gasteiger partial charge in [-0.15, -0.1) is 0 Å². The molecule has 0 heterocycles. The van der Waals surface area contributed by atoms with E-state index in [1.807, 2.05) is 0 Å². The summed E-state index contributed by atoms with van der Waals surface area (Å²) in [7, 11) is 2.52. The number of hydrogen-bond donors (Lipinski definition) is 1. The van der Waals surface area contributed by atoms with Gasteiger partial charge in [0.25, 0.3) is 0 Å². The average Bonchev–Trinajstić information content (AvgIpc) is 2.72. The van der Waals surface area contributed by atoms with Gasteiger partial charge in [0.1, 0.15) is 23.5 Å². The van der Waals surface area contributed by atoms with Crippen LogP contribution in [0.2, 0.25) is 0 Å². The van der Waals surface area contributed by atoms with Crippen molar-refractivity contribution in [3.8, 4) is 0 Å². The molecule has 0 aliphatic rings. The summed E-state index contributed by atoms with van der Waals surface area (Å²) in [6, 6.07) is 10.0. The topological polar surface area (TPSA) is 95.7 Å². The van der Waals surface area contributed by atoms with Gasteiger partial charge in [0, 0.05) is 6.42 Å². The molecule has 6 nitrogen and oxygen atoms in total. The van der Waals surface area contributed by atoms with Gasteiger partial charge < -0.3 is 15.2 Å². The Kier molecular flexibility index (Phi) is 9.61. The number of halogens is 2. The van der Waals surface area contributed by atoms with Crippen LogP contribution in [-0.4, -0.2) is 31.9 Å². The van der Waals surface area contributed by atoms with Crippen LogP contribution in [0, 0.1) is 11.6 Å². The third kappa shape index (κ3) is 7.79. The average molecular weight is 407 g/mol. The lowest BCUT2D eigenvalue weighted by Gasteiger charge is -2.13. The number of hydrogen-bond acceptors (Lipinski definition) is 6. The molecule has 0 spiro atoms. The van der Waals surface area contributed by atoms with Gasteiger partial charge in [0.2, 0.25) is 0 Å². The molecule has 2 N–H and O–H groups in total. The summed E-state index contributed by atoms with van der Waals surface area (Å²) >= 11 is 0. The van der Waals surface area contributed by atoms with Crippen molar-refractivity contribution in [2.24, 2.45) is 5.73 Å². The van der Waals surface area contributed by atoms with E-state index >= 15 is 0 Å². The monoisotopic (exact) mass is 407 g/mol. The highest BCUT2D eigenvalue weighted by molar-refractivity contribution is 5.86. The summed E-state index contributed by atoms with van der Waals surface area (Å²) in [6.07, 6.45) is 0.0678. The number of ketones is 1. The molecule has 0 fully saturated rings. The third-order valence-electron chi connectivity index (χ3n) is 3.93. The Morgan fingerprint density at radius 1 is 0.828 bits per heavy atom. The van der Waals surface area contributed by atoms with Gasteiger partial charge in [0.05, 0.1) is 20.1 Å². The molecular formula is C21H23F2NO5. The maximum absolute atomic E-state index is 12.7. The predicted molar refractivity (Wildman–Crippen MR) is 102 cm³/mol. The van der Waals surface area contributed by atoms with E-state index in [0.29, 0.717) is 11.1 Å². The van der Waals surface area contributed by atoms with E-state index in [1.54, 1.807) is 0 Å². The third-order valence-corrected chi connectivity index (χ3v) is 3.93. The van der Waals surface area contributed by atoms with Gasteiger partial charge in [-0.3, -0.25) is 14.4 Å². The second-order valence-corrected chi connectivity index (χ2v) is 6.09. The van der Waals surface area contributed by atoms with Gasteiger partial charge in [-0.1, -0.05) is 24.3 Å². The molecule has 156 valence electrons. The Labute approximate surface area is 167 Å². The van der Waals surface area contributed by atoms with E-state index in [1.165, 1.54) is 69.7 Å². The molecule has 2 rings (SSSR count). The Hall–Kier alpha value is -3.13. The standard InChI is InChI=1S/C12H13FO3.C9H10FNO2/c1-8(14)7-11(12(15)16-2)9-3-5-10(13)6-4-9;1-13-9(12)8(11)6-2-4-7(10)5-3-6/h3-6,11H,7H2,1-2H3;2-5,8H,11H2,1H3/t11-;8-/m11/s1. The highest BCUT2D eigenvalue weighted by atomic mass is 19.1. The Morgan fingerprint density at radius 3 is 1.62 bits per heavy atom. The quantitative estimate of drug-likeness (QED) is 0.740. The van der Waals surface area contributed by atoms with E-state index < -0.39 is 23.9 Å². The molecule has 0 aromatic heterocycles. The maximum Gasteiger partial charge on any atom is 0.327 e. The number of benzene rings is 2. The van der Waals surface area contributed by atoms with Crippen LogP contribution < -0.4 is 5.73 Å². The zero-order valence-corrected chi connectivity index (χ0v) is 16.4. The summed E-state index contributed by atoms with van der Waals surface area (Å²) in [5.74, 6) is -2.52. The lowest BCUT2D eigenvalue weighted by Crippen LogP contribution is -2.22. The number of ether oxygens (including phenoxy) is 2. The molecular weight excluding hydrogens is 384 g/mol. The van der Waals surface area contributed by atoms with Crippen molar-refractivity contribution in [3.63, 3.8) is 0 Å². The number of rotatable bonds is 6. The van der Waals surface area contributed by atoms with Gasteiger partial charge in [-0.25, -0.2) is 8.78 Å². The fourth-order valence-corrected chi connectivity index (χ4v) is 2.40. The van der Waals surface area contributed by atoms with Crippen molar-refractivity contribution >= 4 is 17.7 Å². The number of methoxy groups -OCH3 is 2. The maximum atomic E-state index is 12.7. The van der Waals surface area contributed by atoms with Crippen LogP contribution in [0.25, 0.3) is 0 Å². The number of carbonyl (C=O) groups is 3. The Balaban J connectivity index is 0.000000296. The molecule has 0 bridgehead atoms. The van der Waals surface area contributed by atoms with Gasteiger partial charge in [0.15, 0.2) is 0 Å². The van der Waals surface area contributed by atoms with Crippen LogP contribution in [0.5, 0.6) is 0 Å². The van der Waals surface area contributed by atoms with Crippen LogP contribution in [0.3, 0.4) is 0 Å². The van der Waals surface area contributed by atoms with Crippen molar-refractivity contribution in [2.75, 3.05) is 14.2 Å². The number of esters is 2. The normalized spacial score (nSPS) is 12.1. The van der Waals surface area contributed by atoms with Crippen LogP contribution in [0.15, 0.2) is 48.5 Å². The van der Waals surface area contributed by atoms with Crippen LogP contribution in [0.4, 0.5) is 8.78 Å². The molecule has 0 radical (unpaired) electrons. The number of carbonyl (C=O) groups excluding carboxylic acids is 3. The smallest absolute Gasteiger partial charge is 0.327 e. The van der Waals surface area contributed by atoms with E-state index in [-0.39, 0.29) is 23.8 Å². The molecule has 8 heteroatoms.